The maximum atomic E-state index is 14.8. The molecule has 2 aromatic rings. The van der Waals surface area contributed by atoms with Crippen molar-refractivity contribution in [2.75, 3.05) is 90.2 Å². The zero-order valence-corrected chi connectivity index (χ0v) is 52.9. The zero-order valence-electron chi connectivity index (χ0n) is 51.2. The van der Waals surface area contributed by atoms with Gasteiger partial charge < -0.3 is 84.6 Å². The molecule has 4 heterocycles. The standard InChI is InChI=1S/C60H93N15O12S2/c1-3-4-18-66-60(87)70-46-35-88-33-41-27-40(32-72-23-25-73(26-24-72)56(82)43(16-19-65-37-62)31-64-20-17-61)28-42(29-41)34-89-36-47(59(85)86)69-53(79)45(30-39-10-6-5-7-11-39)68-52(78)44(14-15-50(63)77)67-55(81)51(38(2)76)71-54(80)48-12-8-21-74(48)58(84)49-13-9-22-75(49)57(46)83/h5-7,10-11,27-29,38,43-49,51,64-65,76H,3-4,8-9,12-26,30-37,61-62H2,1-2H3,(H2,63,77)(H,67,81)(H,68,78)(H,69,79)(H,71,80)(H,85,86)(H2,66,70,87)/t38-,43?,44+,45+,46+,47+,48+,49+,51+/m1/s1. The summed E-state index contributed by atoms with van der Waals surface area (Å²) in [6.45, 7) is 9.10. The van der Waals surface area contributed by atoms with E-state index >= 15 is 0 Å². The normalized spacial score (nSPS) is 24.0. The number of urea groups is 1. The Kier molecular flexibility index (Phi) is 29.6. The highest BCUT2D eigenvalue weighted by Gasteiger charge is 2.45. The first-order chi connectivity index (χ1) is 42.8. The van der Waals surface area contributed by atoms with Crippen molar-refractivity contribution in [3.05, 3.63) is 70.8 Å². The fourth-order valence-corrected chi connectivity index (χ4v) is 13.4. The maximum Gasteiger partial charge on any atom is 0.327 e. The number of piperazine rings is 1. The molecule has 0 saturated carbocycles. The fourth-order valence-electron chi connectivity index (χ4n) is 11.4. The summed E-state index contributed by atoms with van der Waals surface area (Å²) in [4.78, 5) is 146. The molecular formula is C60H93N15O12S2. The predicted molar refractivity (Wildman–Crippen MR) is 338 cm³/mol. The van der Waals surface area contributed by atoms with Crippen molar-refractivity contribution in [1.29, 1.82) is 0 Å². The number of aliphatic hydroxyl groups is 1. The zero-order chi connectivity index (χ0) is 64.4. The van der Waals surface area contributed by atoms with E-state index < -0.39 is 108 Å². The largest absolute Gasteiger partial charge is 0.480 e. The van der Waals surface area contributed by atoms with Gasteiger partial charge in [-0.3, -0.25) is 43.3 Å². The molecule has 2 bridgehead atoms. The number of fused-ring (bicyclic) bond motifs is 4. The number of hydrogen-bond acceptors (Lipinski definition) is 18. The number of aliphatic hydroxyl groups excluding tert-OH is 1. The van der Waals surface area contributed by atoms with E-state index in [-0.39, 0.29) is 62.1 Å². The molecule has 492 valence electrons. The first-order valence-corrected chi connectivity index (χ1v) is 33.3. The summed E-state index contributed by atoms with van der Waals surface area (Å²) < 4.78 is 0. The molecule has 27 nitrogen and oxygen atoms in total. The molecule has 4 aliphatic heterocycles. The third-order valence-corrected chi connectivity index (χ3v) is 18.4. The van der Waals surface area contributed by atoms with Crippen LogP contribution in [0, 0.1) is 5.92 Å². The molecule has 1 unspecified atom stereocenters. The Morgan fingerprint density at radius 2 is 1.38 bits per heavy atom. The number of primary amides is 1. The molecule has 0 spiro atoms. The van der Waals surface area contributed by atoms with Crippen LogP contribution in [-0.2, 0) is 67.6 Å². The van der Waals surface area contributed by atoms with Crippen LogP contribution < -0.4 is 59.7 Å². The van der Waals surface area contributed by atoms with Gasteiger partial charge in [0.2, 0.25) is 47.3 Å². The Morgan fingerprint density at radius 3 is 2.02 bits per heavy atom. The minimum Gasteiger partial charge on any atom is -0.480 e. The van der Waals surface area contributed by atoms with Crippen LogP contribution in [0.5, 0.6) is 0 Å². The second-order valence-corrected chi connectivity index (χ2v) is 25.2. The van der Waals surface area contributed by atoms with Crippen LogP contribution in [-0.4, -0.2) is 228 Å². The van der Waals surface area contributed by atoms with E-state index in [1.807, 2.05) is 24.0 Å². The lowest BCUT2D eigenvalue weighted by Crippen LogP contribution is -2.61. The van der Waals surface area contributed by atoms with E-state index in [1.54, 1.807) is 30.3 Å². The van der Waals surface area contributed by atoms with Gasteiger partial charge in [0.25, 0.3) is 0 Å². The highest BCUT2D eigenvalue weighted by molar-refractivity contribution is 7.98. The Labute approximate surface area is 529 Å². The number of rotatable bonds is 22. The molecule has 16 N–H and O–H groups in total. The van der Waals surface area contributed by atoms with Crippen LogP contribution in [0.2, 0.25) is 0 Å². The topological polar surface area (TPSA) is 398 Å². The van der Waals surface area contributed by atoms with E-state index in [4.69, 9.17) is 17.2 Å². The van der Waals surface area contributed by atoms with Crippen LogP contribution >= 0.6 is 23.5 Å². The van der Waals surface area contributed by atoms with E-state index in [9.17, 15) is 58.2 Å². The first kappa shape index (κ1) is 71.5. The van der Waals surface area contributed by atoms with Gasteiger partial charge in [-0.15, -0.1) is 0 Å². The van der Waals surface area contributed by atoms with Crippen LogP contribution in [0.4, 0.5) is 4.79 Å². The maximum absolute atomic E-state index is 14.8. The molecule has 0 aliphatic carbocycles. The smallest absolute Gasteiger partial charge is 0.327 e. The second kappa shape index (κ2) is 36.9. The number of nitrogens with two attached hydrogens (primary N) is 3. The Balaban J connectivity index is 1.32. The van der Waals surface area contributed by atoms with Gasteiger partial charge in [0, 0.05) is 115 Å². The molecule has 9 atom stereocenters. The fraction of sp³-hybridized carbons (Fsp3) is 0.633. The van der Waals surface area contributed by atoms with Crippen molar-refractivity contribution in [3.63, 3.8) is 0 Å². The van der Waals surface area contributed by atoms with Gasteiger partial charge in [-0.2, -0.15) is 23.5 Å². The van der Waals surface area contributed by atoms with Crippen LogP contribution in [0.3, 0.4) is 0 Å². The SMILES string of the molecule is CCCCNC(=O)N[C@H]1CSCc2cc(cc(CN3CCN(C(=O)C(CCNCN)CNCCN)CC3)c2)CSC[C@@H](C(=O)O)NC(=O)[C@H](Cc2ccccc2)NC(=O)[C@H](CCC(N)=O)NC(=O)[C@H]([C@@H](C)O)NC(=O)[C@@H]2CCCN2C(=O)[C@@H]2CCCN2C1=O. The van der Waals surface area contributed by atoms with E-state index in [0.29, 0.717) is 115 Å². The summed E-state index contributed by atoms with van der Waals surface area (Å²) in [5.41, 5.74) is 20.1. The third-order valence-electron chi connectivity index (χ3n) is 16.2. The van der Waals surface area contributed by atoms with Crippen molar-refractivity contribution in [2.24, 2.45) is 23.1 Å². The van der Waals surface area contributed by atoms with Gasteiger partial charge in [0.15, 0.2) is 0 Å². The van der Waals surface area contributed by atoms with Crippen molar-refractivity contribution >= 4 is 82.8 Å². The number of hydrogen-bond donors (Lipinski definition) is 13. The number of nitrogens with one attached hydrogen (secondary N) is 8. The molecule has 0 aromatic heterocycles. The van der Waals surface area contributed by atoms with E-state index in [0.717, 1.165) is 23.1 Å². The number of benzene rings is 2. The molecule has 4 aliphatic rings. The quantitative estimate of drug-likeness (QED) is 0.0458. The van der Waals surface area contributed by atoms with Gasteiger partial charge in [-0.05, 0) is 80.7 Å². The lowest BCUT2D eigenvalue weighted by molar-refractivity contribution is -0.147. The van der Waals surface area contributed by atoms with Gasteiger partial charge in [-0.25, -0.2) is 9.59 Å². The third kappa shape index (κ3) is 22.4. The van der Waals surface area contributed by atoms with Crippen LogP contribution in [0.25, 0.3) is 0 Å². The average Bonchev–Trinajstić information content (AvgIpc) is 2.85. The van der Waals surface area contributed by atoms with Crippen LogP contribution in [0.15, 0.2) is 48.5 Å². The lowest BCUT2D eigenvalue weighted by atomic mass is 10.0. The predicted octanol–water partition coefficient (Wildman–Crippen LogP) is -1.77. The number of carbonyl (C=O) groups is 10. The van der Waals surface area contributed by atoms with Gasteiger partial charge >= 0.3 is 12.0 Å². The van der Waals surface area contributed by atoms with Crippen molar-refractivity contribution in [3.8, 4) is 0 Å². The summed E-state index contributed by atoms with van der Waals surface area (Å²) in [5, 5.41) is 44.0. The van der Waals surface area contributed by atoms with Crippen molar-refractivity contribution < 1.29 is 58.2 Å². The summed E-state index contributed by atoms with van der Waals surface area (Å²) in [6.07, 6.45) is 1.01. The summed E-state index contributed by atoms with van der Waals surface area (Å²) in [7, 11) is 0. The molecule has 29 heteroatoms. The molecule has 0 radical (unpaired) electrons. The number of carboxylic acid groups (broad SMARTS) is 1. The number of carbonyl (C=O) groups excluding carboxylic acids is 9. The number of carboxylic acids is 1. The lowest BCUT2D eigenvalue weighted by Gasteiger charge is -2.36. The molecule has 6 rings (SSSR count). The Bertz CT molecular complexity index is 2700. The summed E-state index contributed by atoms with van der Waals surface area (Å²) in [6, 6.07) is 4.84. The minimum atomic E-state index is -1.69. The minimum absolute atomic E-state index is 0.0586. The van der Waals surface area contributed by atoms with Crippen molar-refractivity contribution in [1.82, 2.24) is 62.1 Å². The summed E-state index contributed by atoms with van der Waals surface area (Å²) in [5.74, 6) is -6.29. The van der Waals surface area contributed by atoms with Gasteiger partial charge in [-0.1, -0.05) is 61.9 Å². The van der Waals surface area contributed by atoms with Crippen LogP contribution in [0.1, 0.15) is 93.9 Å². The number of nitrogens with zero attached hydrogens (tertiary/aromatic N) is 4. The number of aliphatic carboxylic acids is 1. The summed E-state index contributed by atoms with van der Waals surface area (Å²) >= 11 is 2.66. The molecular weight excluding hydrogens is 1190 g/mol. The molecule has 89 heavy (non-hydrogen) atoms. The number of thioether (sulfide) groups is 2. The Morgan fingerprint density at radius 1 is 0.730 bits per heavy atom. The molecule has 2 aromatic carbocycles. The number of amides is 10. The average molecular weight is 1280 g/mol. The molecule has 10 amide bonds. The molecule has 3 fully saturated rings. The van der Waals surface area contributed by atoms with E-state index in [1.165, 1.54) is 40.2 Å². The van der Waals surface area contributed by atoms with Gasteiger partial charge in [0.1, 0.15) is 42.3 Å². The molecule has 3 saturated heterocycles. The second-order valence-electron chi connectivity index (χ2n) is 23.1. The monoisotopic (exact) mass is 1280 g/mol. The Hall–Kier alpha value is -6.60. The first-order valence-electron chi connectivity index (χ1n) is 31.0. The van der Waals surface area contributed by atoms with E-state index in [2.05, 4.69) is 53.5 Å². The highest BCUT2D eigenvalue weighted by Crippen LogP contribution is 2.28. The number of unbranched alkanes of at least 4 members (excludes halogenated alkanes) is 1. The highest BCUT2D eigenvalue weighted by atomic mass is 32.2. The van der Waals surface area contributed by atoms with Gasteiger partial charge in [0.05, 0.1) is 12.0 Å². The van der Waals surface area contributed by atoms with Crippen molar-refractivity contribution in [2.45, 2.75) is 145 Å².